The van der Waals surface area contributed by atoms with Gasteiger partial charge in [0.1, 0.15) is 16.5 Å². The molecule has 1 aromatic heterocycles. The Balaban J connectivity index is 2.08. The van der Waals surface area contributed by atoms with E-state index < -0.39 is 23.6 Å². The number of amides is 2. The molecule has 0 spiro atoms. The molecule has 0 aliphatic rings. The molecule has 2 rings (SSSR count). The zero-order valence-corrected chi connectivity index (χ0v) is 11.6. The van der Waals surface area contributed by atoms with Crippen LogP contribution < -0.4 is 10.6 Å². The topological polar surface area (TPSA) is 78.4 Å². The van der Waals surface area contributed by atoms with Crippen molar-refractivity contribution in [3.63, 3.8) is 0 Å². The van der Waals surface area contributed by atoms with Gasteiger partial charge in [-0.25, -0.2) is 18.4 Å². The fourth-order valence-electron chi connectivity index (χ4n) is 1.61. The van der Waals surface area contributed by atoms with E-state index in [1.54, 1.807) is 6.92 Å². The number of anilines is 2. The normalized spacial score (nSPS) is 10.2. The fourth-order valence-corrected chi connectivity index (χ4v) is 2.52. The van der Waals surface area contributed by atoms with Crippen molar-refractivity contribution in [2.45, 2.75) is 6.92 Å². The molecule has 3 N–H and O–H groups in total. The third-order valence-electron chi connectivity index (χ3n) is 2.53. The SMILES string of the molecule is Cc1cc(NC(=O)Nc2ccc(F)cc2F)sc1C(=O)O. The van der Waals surface area contributed by atoms with Gasteiger partial charge in [-0.2, -0.15) is 0 Å². The van der Waals surface area contributed by atoms with Crippen LogP contribution in [0.5, 0.6) is 0 Å². The minimum absolute atomic E-state index is 0.110. The van der Waals surface area contributed by atoms with Crippen LogP contribution in [0.4, 0.5) is 24.3 Å². The quantitative estimate of drug-likeness (QED) is 0.809. The summed E-state index contributed by atoms with van der Waals surface area (Å²) >= 11 is 0.888. The molecule has 0 radical (unpaired) electrons. The van der Waals surface area contributed by atoms with Crippen LogP contribution in [0.1, 0.15) is 15.2 Å². The number of rotatable bonds is 3. The van der Waals surface area contributed by atoms with E-state index in [-0.39, 0.29) is 10.6 Å². The van der Waals surface area contributed by atoms with E-state index in [0.29, 0.717) is 16.6 Å². The number of aromatic carboxylic acids is 1. The Morgan fingerprint density at radius 3 is 2.48 bits per heavy atom. The molecule has 2 amide bonds. The smallest absolute Gasteiger partial charge is 0.346 e. The average molecular weight is 312 g/mol. The van der Waals surface area contributed by atoms with E-state index in [1.165, 1.54) is 6.07 Å². The molecular formula is C13H10F2N2O3S. The average Bonchev–Trinajstić information content (AvgIpc) is 2.74. The number of thiophene rings is 1. The van der Waals surface area contributed by atoms with Crippen LogP contribution in [-0.4, -0.2) is 17.1 Å². The Morgan fingerprint density at radius 1 is 1.19 bits per heavy atom. The van der Waals surface area contributed by atoms with E-state index in [9.17, 15) is 18.4 Å². The van der Waals surface area contributed by atoms with Crippen LogP contribution in [0.3, 0.4) is 0 Å². The summed E-state index contributed by atoms with van der Waals surface area (Å²) in [4.78, 5) is 22.7. The van der Waals surface area contributed by atoms with Crippen LogP contribution in [0.15, 0.2) is 24.3 Å². The number of hydrogen-bond donors (Lipinski definition) is 3. The van der Waals surface area contributed by atoms with Gasteiger partial charge in [0.15, 0.2) is 0 Å². The van der Waals surface area contributed by atoms with Gasteiger partial charge in [-0.05, 0) is 30.7 Å². The summed E-state index contributed by atoms with van der Waals surface area (Å²) in [5, 5.41) is 13.8. The Morgan fingerprint density at radius 2 is 1.90 bits per heavy atom. The van der Waals surface area contributed by atoms with Gasteiger partial charge in [-0.1, -0.05) is 0 Å². The molecule has 0 fully saturated rings. The number of urea groups is 1. The van der Waals surface area contributed by atoms with E-state index in [1.807, 2.05) is 0 Å². The van der Waals surface area contributed by atoms with Gasteiger partial charge >= 0.3 is 12.0 Å². The predicted molar refractivity (Wildman–Crippen MR) is 75.0 cm³/mol. The summed E-state index contributed by atoms with van der Waals surface area (Å²) in [6.45, 7) is 1.60. The van der Waals surface area contributed by atoms with Crippen molar-refractivity contribution in [3.8, 4) is 0 Å². The first kappa shape index (κ1) is 14.9. The summed E-state index contributed by atoms with van der Waals surface area (Å²) < 4.78 is 26.1. The Kier molecular flexibility index (Phi) is 4.18. The van der Waals surface area contributed by atoms with Crippen molar-refractivity contribution in [2.24, 2.45) is 0 Å². The first-order valence-electron chi connectivity index (χ1n) is 5.73. The standard InChI is InChI=1S/C13H10F2N2O3S/c1-6-4-10(21-11(6)12(18)19)17-13(20)16-9-3-2-7(14)5-8(9)15/h2-5H,1H3,(H,18,19)(H2,16,17,20). The second-order valence-corrected chi connectivity index (χ2v) is 5.18. The molecule has 0 bridgehead atoms. The van der Waals surface area contributed by atoms with E-state index in [4.69, 9.17) is 5.11 Å². The molecule has 110 valence electrons. The van der Waals surface area contributed by atoms with E-state index in [2.05, 4.69) is 10.6 Å². The largest absolute Gasteiger partial charge is 0.477 e. The number of carboxylic acid groups (broad SMARTS) is 1. The van der Waals surface area contributed by atoms with Gasteiger partial charge in [0.25, 0.3) is 0 Å². The maximum atomic E-state index is 13.4. The number of hydrogen-bond acceptors (Lipinski definition) is 3. The first-order valence-corrected chi connectivity index (χ1v) is 6.55. The van der Waals surface area contributed by atoms with Gasteiger partial charge in [0.05, 0.1) is 10.7 Å². The molecule has 21 heavy (non-hydrogen) atoms. The molecule has 0 aliphatic carbocycles. The molecule has 0 aliphatic heterocycles. The Hall–Kier alpha value is -2.48. The summed E-state index contributed by atoms with van der Waals surface area (Å²) in [5.41, 5.74) is 0.330. The van der Waals surface area contributed by atoms with E-state index >= 15 is 0 Å². The molecule has 8 heteroatoms. The molecule has 0 atom stereocenters. The zero-order chi connectivity index (χ0) is 15.6. The summed E-state index contributed by atoms with van der Waals surface area (Å²) in [6.07, 6.45) is 0. The van der Waals surface area contributed by atoms with Gasteiger partial charge in [0.2, 0.25) is 0 Å². The first-order chi connectivity index (χ1) is 9.86. The van der Waals surface area contributed by atoms with Crippen molar-refractivity contribution < 1.29 is 23.5 Å². The van der Waals surface area contributed by atoms with Crippen LogP contribution >= 0.6 is 11.3 Å². The lowest BCUT2D eigenvalue weighted by molar-refractivity contribution is 0.0701. The minimum atomic E-state index is -1.09. The lowest BCUT2D eigenvalue weighted by atomic mass is 10.3. The van der Waals surface area contributed by atoms with Gasteiger partial charge in [-0.3, -0.25) is 5.32 Å². The number of carbonyl (C=O) groups excluding carboxylic acids is 1. The van der Waals surface area contributed by atoms with E-state index in [0.717, 1.165) is 23.5 Å². The fraction of sp³-hybridized carbons (Fsp3) is 0.0769. The van der Waals surface area contributed by atoms with Gasteiger partial charge in [0, 0.05) is 6.07 Å². The van der Waals surface area contributed by atoms with Crippen LogP contribution in [-0.2, 0) is 0 Å². The van der Waals surface area contributed by atoms with Crippen molar-refractivity contribution >= 4 is 34.0 Å². The lowest BCUT2D eigenvalue weighted by Gasteiger charge is -2.06. The highest BCUT2D eigenvalue weighted by Gasteiger charge is 2.14. The number of carboxylic acids is 1. The van der Waals surface area contributed by atoms with Crippen molar-refractivity contribution in [3.05, 3.63) is 46.3 Å². The molecule has 0 saturated carbocycles. The highest BCUT2D eigenvalue weighted by molar-refractivity contribution is 7.18. The monoisotopic (exact) mass is 312 g/mol. The number of benzene rings is 1. The third-order valence-corrected chi connectivity index (χ3v) is 3.67. The van der Waals surface area contributed by atoms with Crippen molar-refractivity contribution in [1.29, 1.82) is 0 Å². The molecule has 5 nitrogen and oxygen atoms in total. The number of nitrogens with one attached hydrogen (secondary N) is 2. The molecule has 0 unspecified atom stereocenters. The minimum Gasteiger partial charge on any atom is -0.477 e. The number of aryl methyl sites for hydroxylation is 1. The zero-order valence-electron chi connectivity index (χ0n) is 10.7. The maximum absolute atomic E-state index is 13.4. The summed E-state index contributed by atoms with van der Waals surface area (Å²) in [5.74, 6) is -2.74. The third kappa shape index (κ3) is 3.54. The van der Waals surface area contributed by atoms with Crippen LogP contribution in [0.2, 0.25) is 0 Å². The Labute approximate surface area is 122 Å². The molecular weight excluding hydrogens is 302 g/mol. The Bertz CT molecular complexity index is 715. The second kappa shape index (κ2) is 5.88. The lowest BCUT2D eigenvalue weighted by Crippen LogP contribution is -2.19. The summed E-state index contributed by atoms with van der Waals surface area (Å²) in [7, 11) is 0. The highest BCUT2D eigenvalue weighted by Crippen LogP contribution is 2.26. The van der Waals surface area contributed by atoms with Crippen LogP contribution in [0, 0.1) is 18.6 Å². The second-order valence-electron chi connectivity index (χ2n) is 4.13. The molecule has 1 aromatic carbocycles. The van der Waals surface area contributed by atoms with Crippen molar-refractivity contribution in [2.75, 3.05) is 10.6 Å². The number of carbonyl (C=O) groups is 2. The molecule has 2 aromatic rings. The molecule has 0 saturated heterocycles. The van der Waals surface area contributed by atoms with Crippen molar-refractivity contribution in [1.82, 2.24) is 0 Å². The van der Waals surface area contributed by atoms with Crippen LogP contribution in [0.25, 0.3) is 0 Å². The summed E-state index contributed by atoms with van der Waals surface area (Å²) in [6, 6.07) is 3.49. The van der Waals surface area contributed by atoms with Gasteiger partial charge < -0.3 is 10.4 Å². The predicted octanol–water partition coefficient (Wildman–Crippen LogP) is 3.68. The highest BCUT2D eigenvalue weighted by atomic mass is 32.1. The number of halogens is 2. The van der Waals surface area contributed by atoms with Gasteiger partial charge in [-0.15, -0.1) is 11.3 Å². The maximum Gasteiger partial charge on any atom is 0.346 e. The molecule has 1 heterocycles.